The first-order chi connectivity index (χ1) is 9.75. The molecular formula is C12H14N6OS. The number of rotatable bonds is 3. The fraction of sp³-hybridized carbons (Fsp3) is 0.333. The first-order valence-corrected chi connectivity index (χ1v) is 6.66. The highest BCUT2D eigenvalue weighted by Gasteiger charge is 2.26. The van der Waals surface area contributed by atoms with Crippen molar-refractivity contribution >= 4 is 23.2 Å². The number of para-hydroxylation sites is 1. The largest absolute Gasteiger partial charge is 0.391 e. The van der Waals surface area contributed by atoms with Crippen molar-refractivity contribution in [2.24, 2.45) is 5.73 Å². The Kier molecular flexibility index (Phi) is 3.57. The summed E-state index contributed by atoms with van der Waals surface area (Å²) in [7, 11) is 0. The van der Waals surface area contributed by atoms with Gasteiger partial charge in [-0.15, -0.1) is 0 Å². The molecule has 1 aliphatic rings. The van der Waals surface area contributed by atoms with Crippen LogP contribution in [-0.4, -0.2) is 51.0 Å². The van der Waals surface area contributed by atoms with Crippen molar-refractivity contribution < 1.29 is 4.74 Å². The molecule has 2 aromatic rings. The lowest BCUT2D eigenvalue weighted by Gasteiger charge is -2.32. The molecule has 0 spiro atoms. The maximum atomic E-state index is 5.65. The van der Waals surface area contributed by atoms with Gasteiger partial charge < -0.3 is 15.4 Å². The van der Waals surface area contributed by atoms with E-state index in [2.05, 4.69) is 15.5 Å². The van der Waals surface area contributed by atoms with Gasteiger partial charge in [-0.2, -0.15) is 4.68 Å². The van der Waals surface area contributed by atoms with Crippen LogP contribution in [-0.2, 0) is 4.74 Å². The van der Waals surface area contributed by atoms with Crippen LogP contribution in [0, 0.1) is 0 Å². The fourth-order valence-electron chi connectivity index (χ4n) is 2.12. The molecule has 0 saturated carbocycles. The van der Waals surface area contributed by atoms with Crippen LogP contribution in [0.1, 0.15) is 0 Å². The number of benzene rings is 1. The lowest BCUT2D eigenvalue weighted by atomic mass is 10.3. The van der Waals surface area contributed by atoms with Crippen LogP contribution in [0.2, 0.25) is 0 Å². The van der Waals surface area contributed by atoms with Gasteiger partial charge in [0.25, 0.3) is 5.95 Å². The number of morpholine rings is 1. The first-order valence-electron chi connectivity index (χ1n) is 6.25. The predicted octanol–water partition coefficient (Wildman–Crippen LogP) is 0.154. The average Bonchev–Trinajstić information content (AvgIpc) is 2.98. The van der Waals surface area contributed by atoms with Crippen molar-refractivity contribution in [1.29, 1.82) is 0 Å². The molecule has 104 valence electrons. The van der Waals surface area contributed by atoms with Gasteiger partial charge in [-0.1, -0.05) is 35.5 Å². The Morgan fingerprint density at radius 3 is 2.90 bits per heavy atom. The number of nitrogens with zero attached hydrogens (tertiary/aromatic N) is 5. The van der Waals surface area contributed by atoms with Gasteiger partial charge in [0.2, 0.25) is 0 Å². The summed E-state index contributed by atoms with van der Waals surface area (Å²) in [5, 5.41) is 11.9. The van der Waals surface area contributed by atoms with Crippen molar-refractivity contribution in [3.05, 3.63) is 30.3 Å². The van der Waals surface area contributed by atoms with Crippen LogP contribution in [0.15, 0.2) is 30.3 Å². The Labute approximate surface area is 121 Å². The number of tetrazole rings is 1. The molecule has 1 atom stereocenters. The molecule has 7 nitrogen and oxygen atoms in total. The molecule has 8 heteroatoms. The number of thiocarbonyl (C=S) groups is 1. The molecule has 1 unspecified atom stereocenters. The van der Waals surface area contributed by atoms with Crippen LogP contribution >= 0.6 is 12.2 Å². The third kappa shape index (κ3) is 2.47. The smallest absolute Gasteiger partial charge is 0.250 e. The minimum Gasteiger partial charge on any atom is -0.391 e. The molecule has 1 aromatic carbocycles. The van der Waals surface area contributed by atoms with Crippen LogP contribution in [0.3, 0.4) is 0 Å². The van der Waals surface area contributed by atoms with Crippen molar-refractivity contribution in [2.45, 2.75) is 6.10 Å². The first kappa shape index (κ1) is 12.9. The van der Waals surface area contributed by atoms with E-state index in [0.717, 1.165) is 5.69 Å². The maximum Gasteiger partial charge on any atom is 0.250 e. The number of hydrogen-bond acceptors (Lipinski definition) is 6. The second-order valence-electron chi connectivity index (χ2n) is 4.43. The standard InChI is InChI=1S/C12H14N6OS/c13-11(20)10-8-17(6-7-19-10)12-14-15-16-18(12)9-4-2-1-3-5-9/h1-5,10H,6-8H2,(H2,13,20). The van der Waals surface area contributed by atoms with Crippen molar-refractivity contribution in [3.8, 4) is 5.69 Å². The summed E-state index contributed by atoms with van der Waals surface area (Å²) in [6.45, 7) is 1.80. The Morgan fingerprint density at radius 2 is 2.15 bits per heavy atom. The number of nitrogens with two attached hydrogens (primary N) is 1. The van der Waals surface area contributed by atoms with E-state index in [4.69, 9.17) is 22.7 Å². The van der Waals surface area contributed by atoms with Gasteiger partial charge in [0.1, 0.15) is 11.1 Å². The molecule has 2 heterocycles. The molecule has 1 saturated heterocycles. The van der Waals surface area contributed by atoms with Gasteiger partial charge in [0.05, 0.1) is 18.8 Å². The Morgan fingerprint density at radius 1 is 1.35 bits per heavy atom. The lowest BCUT2D eigenvalue weighted by Crippen LogP contribution is -2.48. The minimum atomic E-state index is -0.264. The summed E-state index contributed by atoms with van der Waals surface area (Å²) in [6.07, 6.45) is -0.264. The molecule has 0 amide bonds. The Bertz CT molecular complexity index is 601. The van der Waals surface area contributed by atoms with Gasteiger partial charge in [-0.25, -0.2) is 0 Å². The van der Waals surface area contributed by atoms with Gasteiger partial charge in [0, 0.05) is 6.54 Å². The van der Waals surface area contributed by atoms with Crippen LogP contribution in [0.5, 0.6) is 0 Å². The van der Waals surface area contributed by atoms with Gasteiger partial charge >= 0.3 is 0 Å². The topological polar surface area (TPSA) is 82.1 Å². The van der Waals surface area contributed by atoms with Crippen LogP contribution in [0.4, 0.5) is 5.95 Å². The summed E-state index contributed by atoms with van der Waals surface area (Å²) < 4.78 is 7.22. The fourth-order valence-corrected chi connectivity index (χ4v) is 2.26. The summed E-state index contributed by atoms with van der Waals surface area (Å²) in [5.74, 6) is 0.667. The van der Waals surface area contributed by atoms with Crippen LogP contribution in [0.25, 0.3) is 5.69 Å². The summed E-state index contributed by atoms with van der Waals surface area (Å²) >= 11 is 4.99. The zero-order chi connectivity index (χ0) is 13.9. The SMILES string of the molecule is NC(=S)C1CN(c2nnnn2-c2ccccc2)CCO1. The molecule has 0 aliphatic carbocycles. The lowest BCUT2D eigenvalue weighted by molar-refractivity contribution is 0.0839. The van der Waals surface area contributed by atoms with Crippen molar-refractivity contribution in [1.82, 2.24) is 20.2 Å². The maximum absolute atomic E-state index is 5.65. The molecule has 1 aromatic heterocycles. The minimum absolute atomic E-state index is 0.264. The summed E-state index contributed by atoms with van der Waals surface area (Å²) in [4.78, 5) is 2.38. The normalized spacial score (nSPS) is 19.0. The zero-order valence-corrected chi connectivity index (χ0v) is 11.5. The van der Waals surface area contributed by atoms with Gasteiger partial charge in [-0.3, -0.25) is 0 Å². The average molecular weight is 290 g/mol. The third-order valence-electron chi connectivity index (χ3n) is 3.12. The van der Waals surface area contributed by atoms with E-state index in [-0.39, 0.29) is 6.10 Å². The molecule has 0 radical (unpaired) electrons. The van der Waals surface area contributed by atoms with Gasteiger partial charge in [-0.05, 0) is 22.6 Å². The Balaban J connectivity index is 1.88. The predicted molar refractivity (Wildman–Crippen MR) is 77.9 cm³/mol. The van der Waals surface area contributed by atoms with Crippen molar-refractivity contribution in [2.75, 3.05) is 24.6 Å². The van der Waals surface area contributed by atoms with Crippen molar-refractivity contribution in [3.63, 3.8) is 0 Å². The second kappa shape index (κ2) is 5.51. The van der Waals surface area contributed by atoms with Gasteiger partial charge in [0.15, 0.2) is 0 Å². The highest BCUT2D eigenvalue weighted by atomic mass is 32.1. The molecule has 1 aliphatic heterocycles. The molecule has 1 fully saturated rings. The molecule has 20 heavy (non-hydrogen) atoms. The van der Waals surface area contributed by atoms with E-state index in [1.165, 1.54) is 0 Å². The van der Waals surface area contributed by atoms with E-state index in [0.29, 0.717) is 30.6 Å². The zero-order valence-electron chi connectivity index (χ0n) is 10.7. The van der Waals surface area contributed by atoms with Crippen LogP contribution < -0.4 is 10.6 Å². The number of anilines is 1. The Hall–Kier alpha value is -2.06. The van der Waals surface area contributed by atoms with E-state index in [1.54, 1.807) is 4.68 Å². The number of aromatic nitrogens is 4. The number of ether oxygens (including phenoxy) is 1. The van der Waals surface area contributed by atoms with E-state index >= 15 is 0 Å². The highest BCUT2D eigenvalue weighted by Crippen LogP contribution is 2.18. The quantitative estimate of drug-likeness (QED) is 0.806. The third-order valence-corrected chi connectivity index (χ3v) is 3.38. The highest BCUT2D eigenvalue weighted by molar-refractivity contribution is 7.80. The summed E-state index contributed by atoms with van der Waals surface area (Å²) in [6, 6.07) is 9.73. The monoisotopic (exact) mass is 290 g/mol. The second-order valence-corrected chi connectivity index (χ2v) is 4.91. The van der Waals surface area contributed by atoms with E-state index in [1.807, 2.05) is 35.2 Å². The van der Waals surface area contributed by atoms with E-state index in [9.17, 15) is 0 Å². The summed E-state index contributed by atoms with van der Waals surface area (Å²) in [5.41, 5.74) is 6.56. The molecule has 0 bridgehead atoms. The molecule has 3 rings (SSSR count). The van der Waals surface area contributed by atoms with E-state index < -0.39 is 0 Å². The molecular weight excluding hydrogens is 276 g/mol. The number of hydrogen-bond donors (Lipinski definition) is 1. The molecule has 2 N–H and O–H groups in total.